The molecule has 7 heteroatoms. The van der Waals surface area contributed by atoms with Gasteiger partial charge in [-0.25, -0.2) is 9.37 Å². The zero-order valence-electron chi connectivity index (χ0n) is 14.4. The highest BCUT2D eigenvalue weighted by Gasteiger charge is 2.30. The van der Waals surface area contributed by atoms with Crippen molar-refractivity contribution in [2.24, 2.45) is 0 Å². The normalized spacial score (nSPS) is 15.8. The monoisotopic (exact) mass is 357 g/mol. The van der Waals surface area contributed by atoms with Crippen LogP contribution in [0.3, 0.4) is 0 Å². The van der Waals surface area contributed by atoms with Crippen LogP contribution in [0.25, 0.3) is 0 Å². The van der Waals surface area contributed by atoms with Crippen LogP contribution in [0.1, 0.15) is 36.8 Å². The molecular weight excluding hydrogens is 337 g/mol. The molecule has 0 fully saturated rings. The summed E-state index contributed by atoms with van der Waals surface area (Å²) in [6.07, 6.45) is 2.51. The van der Waals surface area contributed by atoms with E-state index in [1.807, 2.05) is 13.0 Å². The highest BCUT2D eigenvalue weighted by molar-refractivity contribution is 6.01. The van der Waals surface area contributed by atoms with Crippen molar-refractivity contribution in [2.45, 2.75) is 32.2 Å². The summed E-state index contributed by atoms with van der Waals surface area (Å²) < 4.78 is 19.0. The second-order valence-electron chi connectivity index (χ2n) is 6.07. The van der Waals surface area contributed by atoms with Crippen LogP contribution in [0.5, 0.6) is 5.88 Å². The third-order valence-electron chi connectivity index (χ3n) is 4.12. The first-order valence-corrected chi connectivity index (χ1v) is 8.52. The van der Waals surface area contributed by atoms with Gasteiger partial charge in [-0.1, -0.05) is 19.1 Å². The first kappa shape index (κ1) is 17.8. The molecule has 1 atom stereocenters. The number of nitrogens with one attached hydrogen (secondary N) is 2. The first-order chi connectivity index (χ1) is 12.6. The van der Waals surface area contributed by atoms with Crippen molar-refractivity contribution in [3.05, 3.63) is 53.5 Å². The molecule has 26 heavy (non-hydrogen) atoms. The summed E-state index contributed by atoms with van der Waals surface area (Å²) >= 11 is 0. The van der Waals surface area contributed by atoms with Crippen molar-refractivity contribution in [3.8, 4) is 5.88 Å². The van der Waals surface area contributed by atoms with Gasteiger partial charge in [0.1, 0.15) is 5.82 Å². The summed E-state index contributed by atoms with van der Waals surface area (Å²) in [5, 5.41) is 5.43. The van der Waals surface area contributed by atoms with Crippen LogP contribution < -0.4 is 15.4 Å². The number of benzene rings is 1. The van der Waals surface area contributed by atoms with E-state index in [9.17, 15) is 14.0 Å². The van der Waals surface area contributed by atoms with Crippen LogP contribution >= 0.6 is 0 Å². The number of carbonyl (C=O) groups excluding carboxylic acids is 2. The highest BCUT2D eigenvalue weighted by atomic mass is 19.1. The van der Waals surface area contributed by atoms with Crippen LogP contribution in [-0.4, -0.2) is 23.4 Å². The molecule has 2 heterocycles. The molecule has 1 aliphatic rings. The minimum Gasteiger partial charge on any atom is -0.477 e. The summed E-state index contributed by atoms with van der Waals surface area (Å²) in [6, 6.07) is 7.65. The Morgan fingerprint density at radius 3 is 3.08 bits per heavy atom. The van der Waals surface area contributed by atoms with Crippen molar-refractivity contribution < 1.29 is 18.7 Å². The van der Waals surface area contributed by atoms with E-state index in [1.165, 1.54) is 18.2 Å². The molecule has 1 aromatic heterocycles. The average Bonchev–Trinajstić information content (AvgIpc) is 2.64. The van der Waals surface area contributed by atoms with E-state index >= 15 is 0 Å². The van der Waals surface area contributed by atoms with Gasteiger partial charge in [0, 0.05) is 30.4 Å². The lowest BCUT2D eigenvalue weighted by Gasteiger charge is -2.25. The average molecular weight is 357 g/mol. The fraction of sp³-hybridized carbons (Fsp3) is 0.316. The van der Waals surface area contributed by atoms with E-state index in [1.54, 1.807) is 12.3 Å². The topological polar surface area (TPSA) is 80.3 Å². The van der Waals surface area contributed by atoms with E-state index in [2.05, 4.69) is 15.6 Å². The van der Waals surface area contributed by atoms with Gasteiger partial charge in [-0.15, -0.1) is 0 Å². The number of aromatic nitrogens is 1. The molecule has 0 radical (unpaired) electrons. The van der Waals surface area contributed by atoms with Gasteiger partial charge in [-0.2, -0.15) is 0 Å². The summed E-state index contributed by atoms with van der Waals surface area (Å²) in [5.41, 5.74) is 1.71. The molecule has 1 aliphatic heterocycles. The Labute approximate surface area is 150 Å². The Bertz CT molecular complexity index is 825. The lowest BCUT2D eigenvalue weighted by molar-refractivity contribution is -0.126. The molecule has 2 amide bonds. The van der Waals surface area contributed by atoms with Gasteiger partial charge in [-0.05, 0) is 30.2 Å². The van der Waals surface area contributed by atoms with Crippen LogP contribution in [0, 0.1) is 5.82 Å². The zero-order valence-corrected chi connectivity index (χ0v) is 14.4. The first-order valence-electron chi connectivity index (χ1n) is 8.52. The molecule has 1 aromatic carbocycles. The van der Waals surface area contributed by atoms with E-state index in [0.717, 1.165) is 12.0 Å². The zero-order chi connectivity index (χ0) is 18.5. The fourth-order valence-electron chi connectivity index (χ4n) is 2.86. The number of hydrogen-bond donors (Lipinski definition) is 2. The second kappa shape index (κ2) is 7.95. The number of halogens is 1. The molecule has 0 aliphatic carbocycles. The minimum absolute atomic E-state index is 0.0245. The van der Waals surface area contributed by atoms with Crippen LogP contribution in [0.15, 0.2) is 36.5 Å². The molecule has 2 aromatic rings. The number of amides is 2. The summed E-state index contributed by atoms with van der Waals surface area (Å²) in [7, 11) is 0. The van der Waals surface area contributed by atoms with Crippen LogP contribution in [-0.2, 0) is 16.1 Å². The number of nitrogens with zero attached hydrogens (tertiary/aromatic N) is 1. The Balaban J connectivity index is 1.73. The van der Waals surface area contributed by atoms with Gasteiger partial charge in [0.2, 0.25) is 17.7 Å². The number of carbonyl (C=O) groups is 2. The summed E-state index contributed by atoms with van der Waals surface area (Å²) in [4.78, 5) is 28.7. The molecule has 0 saturated carbocycles. The summed E-state index contributed by atoms with van der Waals surface area (Å²) in [6.45, 7) is 2.78. The van der Waals surface area contributed by atoms with E-state index in [-0.39, 0.29) is 24.8 Å². The van der Waals surface area contributed by atoms with Gasteiger partial charge < -0.3 is 15.4 Å². The van der Waals surface area contributed by atoms with E-state index < -0.39 is 11.7 Å². The Kier molecular flexibility index (Phi) is 5.46. The van der Waals surface area contributed by atoms with Crippen molar-refractivity contribution in [3.63, 3.8) is 0 Å². The van der Waals surface area contributed by atoms with E-state index in [4.69, 9.17) is 4.74 Å². The number of hydrogen-bond acceptors (Lipinski definition) is 4. The molecule has 136 valence electrons. The van der Waals surface area contributed by atoms with Crippen molar-refractivity contribution in [1.82, 2.24) is 10.3 Å². The molecule has 3 rings (SSSR count). The van der Waals surface area contributed by atoms with Crippen LogP contribution in [0.4, 0.5) is 10.1 Å². The Morgan fingerprint density at radius 2 is 2.27 bits per heavy atom. The quantitative estimate of drug-likeness (QED) is 0.833. The maximum Gasteiger partial charge on any atom is 0.228 e. The molecule has 0 bridgehead atoms. The van der Waals surface area contributed by atoms with Gasteiger partial charge in [0.25, 0.3) is 0 Å². The minimum atomic E-state index is -0.656. The smallest absolute Gasteiger partial charge is 0.228 e. The van der Waals surface area contributed by atoms with Crippen molar-refractivity contribution >= 4 is 17.5 Å². The number of anilines is 1. The number of fused-ring (bicyclic) bond motifs is 1. The Morgan fingerprint density at radius 1 is 1.42 bits per heavy atom. The maximum atomic E-state index is 13.4. The van der Waals surface area contributed by atoms with Crippen molar-refractivity contribution in [1.29, 1.82) is 0 Å². The van der Waals surface area contributed by atoms with Crippen molar-refractivity contribution in [2.75, 3.05) is 11.9 Å². The number of ether oxygens (including phenoxy) is 1. The van der Waals surface area contributed by atoms with Gasteiger partial charge in [-0.3, -0.25) is 9.59 Å². The molecule has 6 nitrogen and oxygen atoms in total. The van der Waals surface area contributed by atoms with Gasteiger partial charge in [0.15, 0.2) is 0 Å². The number of pyridine rings is 1. The second-order valence-corrected chi connectivity index (χ2v) is 6.07. The largest absolute Gasteiger partial charge is 0.477 e. The van der Waals surface area contributed by atoms with Crippen LogP contribution in [0.2, 0.25) is 0 Å². The molecule has 0 spiro atoms. The number of rotatable bonds is 6. The SMILES string of the molecule is CCCOc1ncccc1CNC(=O)C1CC(=O)Nc2cc(F)ccc21. The Hall–Kier alpha value is -2.96. The third-order valence-corrected chi connectivity index (χ3v) is 4.12. The maximum absolute atomic E-state index is 13.4. The standard InChI is InChI=1S/C19H20FN3O3/c1-2-8-26-19-12(4-3-7-21-19)11-22-18(25)15-10-17(24)23-16-9-13(20)5-6-14(15)16/h3-7,9,15H,2,8,10-11H2,1H3,(H,22,25)(H,23,24). The lowest BCUT2D eigenvalue weighted by atomic mass is 9.89. The molecule has 1 unspecified atom stereocenters. The van der Waals surface area contributed by atoms with E-state index in [0.29, 0.717) is 23.7 Å². The predicted molar refractivity (Wildman–Crippen MR) is 94.3 cm³/mol. The highest BCUT2D eigenvalue weighted by Crippen LogP contribution is 2.33. The molecule has 0 saturated heterocycles. The predicted octanol–water partition coefficient (Wildman–Crippen LogP) is 2.75. The summed E-state index contributed by atoms with van der Waals surface area (Å²) in [5.74, 6) is -1.23. The lowest BCUT2D eigenvalue weighted by Crippen LogP contribution is -2.34. The fourth-order valence-corrected chi connectivity index (χ4v) is 2.86. The third kappa shape index (κ3) is 3.99. The van der Waals surface area contributed by atoms with Gasteiger partial charge >= 0.3 is 0 Å². The van der Waals surface area contributed by atoms with Gasteiger partial charge in [0.05, 0.1) is 12.5 Å². The molecule has 2 N–H and O–H groups in total. The molecular formula is C19H20FN3O3.